The molecule has 20 heteroatoms. The van der Waals surface area contributed by atoms with Gasteiger partial charge in [0, 0.05) is 5.92 Å². The zero-order valence-electron chi connectivity index (χ0n) is 64.3. The van der Waals surface area contributed by atoms with Crippen LogP contribution in [0.25, 0.3) is 4.85 Å². The van der Waals surface area contributed by atoms with Gasteiger partial charge >= 0.3 is 24.1 Å². The third kappa shape index (κ3) is 48.9. The van der Waals surface area contributed by atoms with Crippen LogP contribution in [0.4, 0.5) is 9.59 Å². The summed E-state index contributed by atoms with van der Waals surface area (Å²) in [5.74, 6) is 0.283. The predicted molar refractivity (Wildman–Crippen MR) is 399 cm³/mol. The molecule has 0 aliphatic carbocycles. The first-order valence-electron chi connectivity index (χ1n) is 35.1. The average molecular weight is 1400 g/mol. The largest absolute Gasteiger partial charge is 0.499 e. The number of amides is 2. The van der Waals surface area contributed by atoms with Gasteiger partial charge in [0.25, 0.3) is 0 Å². The molecule has 0 bridgehead atoms. The van der Waals surface area contributed by atoms with Crippen LogP contribution in [0.5, 0.6) is 0 Å². The van der Waals surface area contributed by atoms with Gasteiger partial charge < -0.3 is 67.6 Å². The van der Waals surface area contributed by atoms with Crippen LogP contribution >= 0.6 is 0 Å². The molecule has 0 fully saturated rings. The summed E-state index contributed by atoms with van der Waals surface area (Å²) in [7, 11) is 0. The van der Waals surface area contributed by atoms with E-state index < -0.39 is 29.2 Å². The van der Waals surface area contributed by atoms with Crippen LogP contribution in [0.1, 0.15) is 220 Å². The molecule has 4 unspecified atom stereocenters. The molecule has 0 spiro atoms. The van der Waals surface area contributed by atoms with E-state index in [0.717, 1.165) is 49.7 Å². The number of nitrogens with zero attached hydrogens (tertiary/aromatic N) is 3. The summed E-state index contributed by atoms with van der Waals surface area (Å²) in [5.41, 5.74) is 5.79. The molecule has 100 heavy (non-hydrogen) atoms. The van der Waals surface area contributed by atoms with Crippen LogP contribution in [0.2, 0.25) is 0 Å². The molecule has 0 saturated carbocycles. The number of carbonyl (C=O) groups excluding carboxylic acids is 4. The van der Waals surface area contributed by atoms with Crippen LogP contribution < -0.4 is 10.6 Å². The van der Waals surface area contributed by atoms with Gasteiger partial charge in [0.05, 0.1) is 113 Å². The molecular weight excluding hydrogens is 1270 g/mol. The smallest absolute Gasteiger partial charge is 0.408 e. The lowest BCUT2D eigenvalue weighted by atomic mass is 9.81. The highest BCUT2D eigenvalue weighted by atomic mass is 16.6. The molecule has 20 nitrogen and oxygen atoms in total. The third-order valence-corrected chi connectivity index (χ3v) is 16.1. The lowest BCUT2D eigenvalue weighted by Gasteiger charge is -2.28. The van der Waals surface area contributed by atoms with Crippen molar-refractivity contribution in [3.05, 3.63) is 156 Å². The summed E-state index contributed by atoms with van der Waals surface area (Å²) in [6, 6.07) is 28.1. The van der Waals surface area contributed by atoms with Crippen molar-refractivity contribution in [3.63, 3.8) is 0 Å². The van der Waals surface area contributed by atoms with Crippen LogP contribution in [0.3, 0.4) is 0 Å². The number of nitriles is 2. The molecule has 0 radical (unpaired) electrons. The maximum Gasteiger partial charge on any atom is 0.408 e. The average Bonchev–Trinajstić information content (AvgIpc) is 0.824. The molecule has 2 N–H and O–H groups in total. The topological polar surface area (TPSA) is 246 Å². The molecule has 562 valence electrons. The molecule has 0 aliphatic rings. The molecule has 3 aromatic rings. The van der Waals surface area contributed by atoms with E-state index in [4.69, 9.17) is 69.2 Å². The van der Waals surface area contributed by atoms with Crippen LogP contribution in [0.15, 0.2) is 111 Å². The normalized spacial score (nSPS) is 11.9. The quantitative estimate of drug-likeness (QED) is 0.0134. The number of benzene rings is 3. The summed E-state index contributed by atoms with van der Waals surface area (Å²) in [6.07, 6.45) is 10.5. The fourth-order valence-corrected chi connectivity index (χ4v) is 7.75. The monoisotopic (exact) mass is 1400 g/mol. The zero-order valence-corrected chi connectivity index (χ0v) is 64.3. The van der Waals surface area contributed by atoms with Gasteiger partial charge in [-0.05, 0) is 137 Å². The Morgan fingerprint density at radius 1 is 0.510 bits per heavy atom. The molecule has 0 aliphatic heterocycles. The van der Waals surface area contributed by atoms with Crippen molar-refractivity contribution in [1.29, 1.82) is 10.5 Å². The molecule has 0 heterocycles. The van der Waals surface area contributed by atoms with Gasteiger partial charge in [-0.3, -0.25) is 4.79 Å². The number of alkyl carbamates (subject to hydrolysis) is 2. The maximum atomic E-state index is 12.0. The highest BCUT2D eigenvalue weighted by molar-refractivity contribution is 5.89. The summed E-state index contributed by atoms with van der Waals surface area (Å²) < 4.78 is 56.1. The Kier molecular flexibility index (Phi) is 56.9. The Bertz CT molecular complexity index is 2770. The van der Waals surface area contributed by atoms with Crippen molar-refractivity contribution in [1.82, 2.24) is 10.6 Å². The van der Waals surface area contributed by atoms with Crippen LogP contribution in [-0.4, -0.2) is 135 Å². The Balaban J connectivity index is -0.00000117. The van der Waals surface area contributed by atoms with E-state index in [9.17, 15) is 19.2 Å². The second-order valence-corrected chi connectivity index (χ2v) is 25.6. The Labute approximate surface area is 603 Å². The van der Waals surface area contributed by atoms with E-state index in [0.29, 0.717) is 103 Å². The number of ether oxygens (including phenoxy) is 11. The van der Waals surface area contributed by atoms with Gasteiger partial charge in [0.15, 0.2) is 0 Å². The van der Waals surface area contributed by atoms with Gasteiger partial charge in [0.1, 0.15) is 46.1 Å². The minimum absolute atomic E-state index is 0.145. The first kappa shape index (κ1) is 96.4. The maximum absolute atomic E-state index is 12.0. The fourth-order valence-electron chi connectivity index (χ4n) is 7.75. The first-order valence-corrected chi connectivity index (χ1v) is 35.1. The lowest BCUT2D eigenvalue weighted by Crippen LogP contribution is -2.41. The fraction of sp³-hybridized carbons (Fsp3) is 0.613. The molecular formula is C80H127N5O15. The molecule has 3 aromatic carbocycles. The Morgan fingerprint density at radius 3 is 1.31 bits per heavy atom. The van der Waals surface area contributed by atoms with Crippen molar-refractivity contribution >= 4 is 24.1 Å². The summed E-state index contributed by atoms with van der Waals surface area (Å²) in [4.78, 5) is 49.4. The summed E-state index contributed by atoms with van der Waals surface area (Å²) in [6.45, 7) is 60.8. The third-order valence-electron chi connectivity index (χ3n) is 16.1. The summed E-state index contributed by atoms with van der Waals surface area (Å²) >= 11 is 0. The minimum Gasteiger partial charge on any atom is -0.499 e. The van der Waals surface area contributed by atoms with E-state index in [-0.39, 0.29) is 55.8 Å². The molecule has 4 atom stereocenters. The molecule has 0 saturated heterocycles. The van der Waals surface area contributed by atoms with E-state index in [2.05, 4.69) is 160 Å². The number of nitrogens with one attached hydrogen (secondary N) is 2. The van der Waals surface area contributed by atoms with Gasteiger partial charge in [-0.1, -0.05) is 170 Å². The second-order valence-electron chi connectivity index (χ2n) is 25.6. The summed E-state index contributed by atoms with van der Waals surface area (Å²) in [5, 5.41) is 22.1. The Hall–Kier alpha value is -7.77. The van der Waals surface area contributed by atoms with E-state index in [1.54, 1.807) is 12.1 Å². The number of esters is 2. The second kappa shape index (κ2) is 59.0. The zero-order chi connectivity index (χ0) is 76.3. The number of hydrogen-bond donors (Lipinski definition) is 2. The highest BCUT2D eigenvalue weighted by Gasteiger charge is 2.27. The number of carbonyl (C=O) groups is 4. The highest BCUT2D eigenvalue weighted by Crippen LogP contribution is 2.31. The van der Waals surface area contributed by atoms with Gasteiger partial charge in [-0.25, -0.2) is 21.0 Å². The predicted octanol–water partition coefficient (Wildman–Crippen LogP) is 17.5. The molecule has 2 amide bonds. The molecule has 0 aromatic heterocycles. The van der Waals surface area contributed by atoms with E-state index >= 15 is 0 Å². The first-order chi connectivity index (χ1) is 47.5. The lowest BCUT2D eigenvalue weighted by molar-refractivity contribution is -0.144. The van der Waals surface area contributed by atoms with Crippen molar-refractivity contribution in [2.75, 3.05) is 99.0 Å². The van der Waals surface area contributed by atoms with Crippen molar-refractivity contribution in [3.8, 4) is 12.1 Å². The van der Waals surface area contributed by atoms with Crippen LogP contribution in [-0.2, 0) is 78.8 Å². The van der Waals surface area contributed by atoms with Crippen molar-refractivity contribution in [2.24, 2.45) is 5.92 Å². The standard InChI is InChI=1S/C21H33NO4.C18H27NO2.C17H24O4.C9H15NO3.C9H17NO2.C6H11N/c1-7-20(3,4)17-9-11-18(12-10-17)21(5,6)22-19(23)26-16-15-25-14-13-24-8-2;1-7-13-21-16(20)19-18(5,6)15-11-9-14(10-12-15)17(3,4)8-2;1-4-14(3)15-6-8-16(9-7-15)17(18)21-13-12-20-11-10-19-5-2;1-3-8(2)12-6-7-13-9(11)4-5-10;1-3-9(2)12-8-7-11-6-4-5-10;1-4-6(2)5-7-3/h8-12H,2,7,13-16H2,1,3-6H3,(H,22,23);7,9-12H,1,8,13H2,2-6H3,(H,19,20);5-9,14H,2,4,10-13H2,1,3H3;8H,3-4,6-7H2,1-2H3;9H,3-4,6-8H2,1-2H3;6H,4-5H2,1-2H3. The minimum atomic E-state index is -0.523. The SMILES string of the molecule is C=CCOC(=O)NC(C)(C)c1ccc(C(C)(C)CC)cc1.C=COCCOCCOC(=O)NC(C)(C)c1ccc(C(C)(C)CC)cc1.C=COCCOCCOC(=O)c1ccc(C(C)CC)cc1.CCC(C)OCCOC(=O)CC#N.CCC(C)OCCOCCC#N.[C-]#[N+]CC(C)CC. The Morgan fingerprint density at radius 2 is 0.920 bits per heavy atom. The van der Waals surface area contributed by atoms with Gasteiger partial charge in [-0.2, -0.15) is 10.5 Å². The van der Waals surface area contributed by atoms with E-state index in [1.807, 2.05) is 78.8 Å². The number of rotatable bonds is 42. The van der Waals surface area contributed by atoms with E-state index in [1.165, 1.54) is 29.2 Å². The number of hydrogen-bond acceptors (Lipinski definition) is 17. The van der Waals surface area contributed by atoms with Crippen molar-refractivity contribution in [2.45, 2.75) is 216 Å². The van der Waals surface area contributed by atoms with Crippen molar-refractivity contribution < 1.29 is 71.3 Å². The van der Waals surface area contributed by atoms with Gasteiger partial charge in [0.2, 0.25) is 6.54 Å². The van der Waals surface area contributed by atoms with Crippen LogP contribution in [0, 0.1) is 35.2 Å². The molecule has 3 rings (SSSR count). The van der Waals surface area contributed by atoms with Gasteiger partial charge in [-0.15, -0.1) is 0 Å².